The summed E-state index contributed by atoms with van der Waals surface area (Å²) >= 11 is 6.70. The monoisotopic (exact) mass is 729 g/mol. The Morgan fingerprint density at radius 3 is 2.20 bits per heavy atom. The lowest BCUT2D eigenvalue weighted by Gasteiger charge is -2.37. The van der Waals surface area contributed by atoms with Gasteiger partial charge in [0.25, 0.3) is 5.91 Å². The normalized spacial score (nSPS) is 17.5. The van der Waals surface area contributed by atoms with Gasteiger partial charge < -0.3 is 19.2 Å². The molecule has 1 aromatic heterocycles. The van der Waals surface area contributed by atoms with Gasteiger partial charge in [-0.25, -0.2) is 8.78 Å². The highest BCUT2D eigenvalue weighted by Gasteiger charge is 2.44. The molecule has 15 heteroatoms. The minimum atomic E-state index is -5.02. The first-order valence-electron chi connectivity index (χ1n) is 16.3. The molecule has 0 saturated heterocycles. The zero-order chi connectivity index (χ0) is 36.1. The van der Waals surface area contributed by atoms with Crippen LogP contribution in [0.2, 0.25) is 23.2 Å². The predicted octanol–water partition coefficient (Wildman–Crippen LogP) is 9.06. The molecule has 1 aliphatic rings. The fourth-order valence-electron chi connectivity index (χ4n) is 6.65. The number of aliphatic carboxylic acids is 1. The van der Waals surface area contributed by atoms with Crippen molar-refractivity contribution in [2.75, 3.05) is 13.7 Å². The van der Waals surface area contributed by atoms with Gasteiger partial charge in [0.05, 0.1) is 48.5 Å². The SMILES string of the molecule is CC[Si](CC)(CC)OC(CN(Cc1cc(F)cc(F)c1)C(=O)c1cnn(C2CCC(C(=O)O)CC2)c1C(F)(F)F)c1c(Cl)cccc1OC. The topological polar surface area (TPSA) is 93.9 Å². The summed E-state index contributed by atoms with van der Waals surface area (Å²) in [4.78, 5) is 26.9. The number of ether oxygens (including phenoxy) is 1. The van der Waals surface area contributed by atoms with E-state index in [-0.39, 0.29) is 42.8 Å². The van der Waals surface area contributed by atoms with Crippen molar-refractivity contribution in [3.63, 3.8) is 0 Å². The van der Waals surface area contributed by atoms with Crippen LogP contribution in [-0.2, 0) is 21.9 Å². The van der Waals surface area contributed by atoms with Crippen molar-refractivity contribution in [3.05, 3.63) is 81.6 Å². The molecule has 1 atom stereocenters. The number of benzene rings is 2. The second kappa shape index (κ2) is 16.0. The highest BCUT2D eigenvalue weighted by atomic mass is 35.5. The lowest BCUT2D eigenvalue weighted by molar-refractivity contribution is -0.147. The van der Waals surface area contributed by atoms with E-state index in [0.29, 0.717) is 35.5 Å². The molecule has 1 amide bonds. The van der Waals surface area contributed by atoms with Crippen LogP contribution in [0.15, 0.2) is 42.6 Å². The number of alkyl halides is 3. The molecule has 1 unspecified atom stereocenters. The van der Waals surface area contributed by atoms with E-state index < -0.39 is 73.9 Å². The average molecular weight is 730 g/mol. The molecule has 4 rings (SSSR count). The van der Waals surface area contributed by atoms with Crippen molar-refractivity contribution in [1.82, 2.24) is 14.7 Å². The number of rotatable bonds is 14. The molecule has 8 nitrogen and oxygen atoms in total. The summed E-state index contributed by atoms with van der Waals surface area (Å²) in [6.07, 6.45) is -4.57. The van der Waals surface area contributed by atoms with E-state index in [4.69, 9.17) is 20.8 Å². The molecule has 1 saturated carbocycles. The Hall–Kier alpha value is -3.49. The minimum Gasteiger partial charge on any atom is -0.496 e. The van der Waals surface area contributed by atoms with Crippen LogP contribution >= 0.6 is 11.6 Å². The number of carboxylic acid groups (broad SMARTS) is 1. The Kier molecular flexibility index (Phi) is 12.5. The number of halogens is 6. The summed E-state index contributed by atoms with van der Waals surface area (Å²) in [5, 5.41) is 13.6. The maximum atomic E-state index is 14.8. The van der Waals surface area contributed by atoms with Crippen LogP contribution in [0.25, 0.3) is 0 Å². The van der Waals surface area contributed by atoms with Crippen LogP contribution in [0.3, 0.4) is 0 Å². The Morgan fingerprint density at radius 2 is 1.67 bits per heavy atom. The molecule has 1 heterocycles. The van der Waals surface area contributed by atoms with E-state index in [1.165, 1.54) is 7.11 Å². The van der Waals surface area contributed by atoms with Crippen LogP contribution in [-0.4, -0.2) is 53.6 Å². The number of amides is 1. The smallest absolute Gasteiger partial charge is 0.433 e. The summed E-state index contributed by atoms with van der Waals surface area (Å²) in [6, 6.07) is 8.91. The van der Waals surface area contributed by atoms with Crippen molar-refractivity contribution < 1.29 is 45.8 Å². The lowest BCUT2D eigenvalue weighted by Crippen LogP contribution is -2.42. The van der Waals surface area contributed by atoms with Crippen molar-refractivity contribution in [3.8, 4) is 5.75 Å². The number of nitrogens with zero attached hydrogens (tertiary/aromatic N) is 3. The van der Waals surface area contributed by atoms with Crippen LogP contribution in [0.4, 0.5) is 22.0 Å². The van der Waals surface area contributed by atoms with Gasteiger partial charge >= 0.3 is 12.1 Å². The van der Waals surface area contributed by atoms with Gasteiger partial charge in [-0.15, -0.1) is 0 Å². The number of carbonyl (C=O) groups is 2. The second-order valence-electron chi connectivity index (χ2n) is 12.4. The Balaban J connectivity index is 1.85. The molecule has 1 fully saturated rings. The molecule has 1 N–H and O–H groups in total. The van der Waals surface area contributed by atoms with Gasteiger partial charge in [-0.05, 0) is 73.6 Å². The number of carbonyl (C=O) groups excluding carboxylic acids is 1. The van der Waals surface area contributed by atoms with E-state index in [1.807, 2.05) is 20.8 Å². The average Bonchev–Trinajstić information content (AvgIpc) is 3.52. The highest BCUT2D eigenvalue weighted by Crippen LogP contribution is 2.41. The number of carboxylic acids is 1. The van der Waals surface area contributed by atoms with Gasteiger partial charge in [-0.1, -0.05) is 38.4 Å². The lowest BCUT2D eigenvalue weighted by atomic mass is 9.86. The Bertz CT molecular complexity index is 1600. The molecule has 1 aliphatic carbocycles. The van der Waals surface area contributed by atoms with E-state index in [0.717, 1.165) is 27.9 Å². The third kappa shape index (κ3) is 8.82. The largest absolute Gasteiger partial charge is 0.496 e. The van der Waals surface area contributed by atoms with E-state index >= 15 is 0 Å². The van der Waals surface area contributed by atoms with Gasteiger partial charge in [0.15, 0.2) is 14.0 Å². The Morgan fingerprint density at radius 1 is 1.06 bits per heavy atom. The van der Waals surface area contributed by atoms with E-state index in [2.05, 4.69) is 5.10 Å². The van der Waals surface area contributed by atoms with Gasteiger partial charge in [0.1, 0.15) is 17.4 Å². The minimum absolute atomic E-state index is 0.00801. The molecule has 0 bridgehead atoms. The third-order valence-corrected chi connectivity index (χ3v) is 14.5. The van der Waals surface area contributed by atoms with E-state index in [9.17, 15) is 36.6 Å². The van der Waals surface area contributed by atoms with Crippen LogP contribution in [0.5, 0.6) is 5.75 Å². The maximum Gasteiger partial charge on any atom is 0.433 e. The quantitative estimate of drug-likeness (QED) is 0.132. The van der Waals surface area contributed by atoms with Gasteiger partial charge in [0.2, 0.25) is 0 Å². The number of hydrogen-bond acceptors (Lipinski definition) is 5. The highest BCUT2D eigenvalue weighted by molar-refractivity contribution is 6.73. The standard InChI is InChI=1S/C34H41ClF5N3O5Si/c1-5-49(6-2,7-3)48-29(30-27(35)9-8-10-28(30)47-4)20-42(19-21-15-23(36)17-24(37)16-21)32(44)26-18-41-43(31(26)34(38,39)40)25-13-11-22(12-14-25)33(45)46/h8-10,15-18,22,25,29H,5-7,11-14,19-20H2,1-4H3,(H,45,46). The first-order chi connectivity index (χ1) is 23.2. The van der Waals surface area contributed by atoms with Crippen molar-refractivity contribution in [1.29, 1.82) is 0 Å². The van der Waals surface area contributed by atoms with Crippen molar-refractivity contribution in [2.24, 2.45) is 5.92 Å². The summed E-state index contributed by atoms with van der Waals surface area (Å²) in [5.74, 6) is -4.26. The molecule has 0 spiro atoms. The number of hydrogen-bond donors (Lipinski definition) is 1. The summed E-state index contributed by atoms with van der Waals surface area (Å²) in [6.45, 7) is 5.18. The molecule has 0 aliphatic heterocycles. The second-order valence-corrected chi connectivity index (χ2v) is 17.5. The summed E-state index contributed by atoms with van der Waals surface area (Å²) in [7, 11) is -1.06. The first kappa shape index (κ1) is 38.3. The predicted molar refractivity (Wildman–Crippen MR) is 176 cm³/mol. The first-order valence-corrected chi connectivity index (χ1v) is 19.2. The van der Waals surface area contributed by atoms with Gasteiger partial charge in [-0.3, -0.25) is 14.3 Å². The molecule has 49 heavy (non-hydrogen) atoms. The third-order valence-electron chi connectivity index (χ3n) is 9.54. The van der Waals surface area contributed by atoms with Crippen molar-refractivity contribution >= 4 is 31.8 Å². The van der Waals surface area contributed by atoms with Crippen molar-refractivity contribution in [2.45, 2.75) is 89.5 Å². The van der Waals surface area contributed by atoms with Gasteiger partial charge in [-0.2, -0.15) is 18.3 Å². The van der Waals surface area contributed by atoms with Crippen LogP contribution < -0.4 is 4.74 Å². The zero-order valence-electron chi connectivity index (χ0n) is 27.8. The zero-order valence-corrected chi connectivity index (χ0v) is 29.6. The fourth-order valence-corrected chi connectivity index (χ4v) is 9.74. The molecule has 2 aromatic carbocycles. The molecular weight excluding hydrogens is 689 g/mol. The van der Waals surface area contributed by atoms with Gasteiger partial charge in [0, 0.05) is 18.2 Å². The molecule has 0 radical (unpaired) electrons. The summed E-state index contributed by atoms with van der Waals surface area (Å²) in [5.41, 5.74) is -1.63. The molecular formula is C34H41ClF5N3O5Si. The number of aromatic nitrogens is 2. The molecule has 268 valence electrons. The number of methoxy groups -OCH3 is 1. The van der Waals surface area contributed by atoms with Crippen LogP contribution in [0, 0.1) is 17.6 Å². The molecule has 3 aromatic rings. The summed E-state index contributed by atoms with van der Waals surface area (Å²) < 4.78 is 86.4. The maximum absolute atomic E-state index is 14.8. The van der Waals surface area contributed by atoms with Crippen LogP contribution in [0.1, 0.15) is 85.8 Å². The van der Waals surface area contributed by atoms with E-state index in [1.54, 1.807) is 18.2 Å². The fraction of sp³-hybridized carbons (Fsp3) is 0.500. The Labute approximate surface area is 288 Å².